The highest BCUT2D eigenvalue weighted by Crippen LogP contribution is 2.43. The van der Waals surface area contributed by atoms with Crippen LogP contribution in [0.2, 0.25) is 0 Å². The van der Waals surface area contributed by atoms with Crippen LogP contribution in [0.3, 0.4) is 0 Å². The molecule has 8 heteroatoms. The second kappa shape index (κ2) is 8.28. The summed E-state index contributed by atoms with van der Waals surface area (Å²) in [6, 6.07) is 10.5. The summed E-state index contributed by atoms with van der Waals surface area (Å²) in [5.74, 6) is 0.873. The number of fused-ring (bicyclic) bond motifs is 6. The number of methoxy groups -OCH3 is 2. The molecule has 0 unspecified atom stereocenters. The van der Waals surface area contributed by atoms with Crippen molar-refractivity contribution in [1.29, 1.82) is 0 Å². The molecule has 2 aliphatic heterocycles. The third-order valence-electron chi connectivity index (χ3n) is 6.39. The fourth-order valence-corrected chi connectivity index (χ4v) is 4.85. The van der Waals surface area contributed by atoms with Gasteiger partial charge in [0.2, 0.25) is 5.91 Å². The normalized spacial score (nSPS) is 20.1. The predicted molar refractivity (Wildman–Crippen MR) is 116 cm³/mol. The van der Waals surface area contributed by atoms with Crippen molar-refractivity contribution in [3.63, 3.8) is 0 Å². The van der Waals surface area contributed by atoms with Gasteiger partial charge in [-0.2, -0.15) is 5.10 Å². The minimum Gasteiger partial charge on any atom is -0.497 e. The lowest BCUT2D eigenvalue weighted by atomic mass is 9.99. The Morgan fingerprint density at radius 2 is 2.06 bits per heavy atom. The third-order valence-corrected chi connectivity index (χ3v) is 6.39. The molecule has 3 aromatic rings. The molecule has 5 rings (SSSR count). The zero-order chi connectivity index (χ0) is 21.4. The Hall–Kier alpha value is -2.97. The molecule has 1 fully saturated rings. The number of nitrogens with zero attached hydrogens (tertiary/aromatic N) is 4. The SMILES string of the molecule is COCCNC(=O)CN1[C@H]2CC[C@@H]1c1cnc3cc(-c4ccc(OC)cc4)nn3c1C2. The number of carbonyl (C=O) groups is 1. The van der Waals surface area contributed by atoms with Crippen molar-refractivity contribution in [2.24, 2.45) is 0 Å². The van der Waals surface area contributed by atoms with E-state index in [1.165, 1.54) is 11.3 Å². The number of nitrogens with one attached hydrogen (secondary N) is 1. The van der Waals surface area contributed by atoms with E-state index in [-0.39, 0.29) is 11.9 Å². The van der Waals surface area contributed by atoms with Gasteiger partial charge in [-0.1, -0.05) is 0 Å². The lowest BCUT2D eigenvalue weighted by molar-refractivity contribution is -0.123. The number of carbonyl (C=O) groups excluding carboxylic acids is 1. The van der Waals surface area contributed by atoms with E-state index in [9.17, 15) is 4.79 Å². The molecule has 1 aromatic carbocycles. The number of hydrogen-bond donors (Lipinski definition) is 1. The molecule has 1 saturated heterocycles. The molecule has 31 heavy (non-hydrogen) atoms. The topological polar surface area (TPSA) is 81.0 Å². The van der Waals surface area contributed by atoms with E-state index >= 15 is 0 Å². The maximum Gasteiger partial charge on any atom is 0.234 e. The molecule has 162 valence electrons. The largest absolute Gasteiger partial charge is 0.497 e. The number of benzene rings is 1. The fraction of sp³-hybridized carbons (Fsp3) is 0.435. The number of hydrogen-bond acceptors (Lipinski definition) is 6. The zero-order valence-corrected chi connectivity index (χ0v) is 17.9. The first-order valence-electron chi connectivity index (χ1n) is 10.7. The number of rotatable bonds is 7. The van der Waals surface area contributed by atoms with E-state index in [1.54, 1.807) is 14.2 Å². The van der Waals surface area contributed by atoms with E-state index in [1.807, 2.05) is 41.0 Å². The maximum atomic E-state index is 12.4. The molecular formula is C23H27N5O3. The van der Waals surface area contributed by atoms with Crippen LogP contribution in [-0.4, -0.2) is 65.4 Å². The average Bonchev–Trinajstić information content (AvgIpc) is 3.34. The molecule has 2 aromatic heterocycles. The molecule has 4 heterocycles. The second-order valence-corrected chi connectivity index (χ2v) is 8.15. The molecule has 1 amide bonds. The summed E-state index contributed by atoms with van der Waals surface area (Å²) in [6.07, 6.45) is 4.98. The summed E-state index contributed by atoms with van der Waals surface area (Å²) in [6.45, 7) is 1.48. The molecular weight excluding hydrogens is 394 g/mol. The summed E-state index contributed by atoms with van der Waals surface area (Å²) in [4.78, 5) is 19.4. The Labute approximate surface area is 181 Å². The maximum absolute atomic E-state index is 12.4. The van der Waals surface area contributed by atoms with Gasteiger partial charge in [0.05, 0.1) is 31.6 Å². The van der Waals surface area contributed by atoms with Gasteiger partial charge in [0.15, 0.2) is 5.65 Å². The summed E-state index contributed by atoms with van der Waals surface area (Å²) >= 11 is 0. The smallest absolute Gasteiger partial charge is 0.234 e. The van der Waals surface area contributed by atoms with Crippen molar-refractivity contribution < 1.29 is 14.3 Å². The Kier molecular flexibility index (Phi) is 5.33. The highest BCUT2D eigenvalue weighted by Gasteiger charge is 2.42. The van der Waals surface area contributed by atoms with Crippen LogP contribution in [0.5, 0.6) is 5.75 Å². The van der Waals surface area contributed by atoms with Crippen LogP contribution < -0.4 is 10.1 Å². The summed E-state index contributed by atoms with van der Waals surface area (Å²) < 4.78 is 12.3. The van der Waals surface area contributed by atoms with Crippen molar-refractivity contribution in [3.8, 4) is 17.0 Å². The van der Waals surface area contributed by atoms with Crippen LogP contribution in [-0.2, 0) is 16.0 Å². The monoisotopic (exact) mass is 421 g/mol. The van der Waals surface area contributed by atoms with Gasteiger partial charge in [0.25, 0.3) is 0 Å². The molecule has 1 N–H and O–H groups in total. The Morgan fingerprint density at radius 3 is 2.84 bits per heavy atom. The highest BCUT2D eigenvalue weighted by molar-refractivity contribution is 5.78. The van der Waals surface area contributed by atoms with Crippen LogP contribution in [0.1, 0.15) is 30.1 Å². The van der Waals surface area contributed by atoms with Gasteiger partial charge in [-0.05, 0) is 37.1 Å². The minimum atomic E-state index is 0.0484. The van der Waals surface area contributed by atoms with Crippen LogP contribution in [0.4, 0.5) is 0 Å². The Balaban J connectivity index is 1.41. The quantitative estimate of drug-likeness (QED) is 0.590. The average molecular weight is 422 g/mol. The van der Waals surface area contributed by atoms with E-state index in [0.29, 0.717) is 25.7 Å². The Morgan fingerprint density at radius 1 is 1.23 bits per heavy atom. The summed E-state index contributed by atoms with van der Waals surface area (Å²) in [5, 5.41) is 7.82. The second-order valence-electron chi connectivity index (χ2n) is 8.15. The van der Waals surface area contributed by atoms with E-state index in [4.69, 9.17) is 19.6 Å². The first kappa shape index (κ1) is 20.0. The standard InChI is InChI=1S/C23H27N5O3/c1-30-10-9-24-23(29)14-27-16-5-8-20(27)18-13-25-22-12-19(26-28(22)21(18)11-16)15-3-6-17(31-2)7-4-15/h3-4,6-7,12-13,16,20H,5,8-11,14H2,1-2H3,(H,24,29)/t16-,20+/m0/s1. The Bertz CT molecular complexity index is 1090. The van der Waals surface area contributed by atoms with Gasteiger partial charge in [-0.3, -0.25) is 9.69 Å². The molecule has 8 nitrogen and oxygen atoms in total. The highest BCUT2D eigenvalue weighted by atomic mass is 16.5. The molecule has 2 aliphatic rings. The number of amides is 1. The molecule has 2 bridgehead atoms. The van der Waals surface area contributed by atoms with E-state index in [2.05, 4.69) is 10.2 Å². The van der Waals surface area contributed by atoms with Gasteiger partial charge in [-0.15, -0.1) is 0 Å². The van der Waals surface area contributed by atoms with Crippen LogP contribution in [0, 0.1) is 0 Å². The van der Waals surface area contributed by atoms with Crippen molar-refractivity contribution in [3.05, 3.63) is 47.8 Å². The molecule has 0 radical (unpaired) electrons. The van der Waals surface area contributed by atoms with Gasteiger partial charge in [0, 0.05) is 55.5 Å². The van der Waals surface area contributed by atoms with E-state index in [0.717, 1.165) is 41.9 Å². The van der Waals surface area contributed by atoms with Crippen molar-refractivity contribution in [2.75, 3.05) is 33.9 Å². The minimum absolute atomic E-state index is 0.0484. The van der Waals surface area contributed by atoms with Crippen molar-refractivity contribution in [2.45, 2.75) is 31.3 Å². The number of aromatic nitrogens is 3. The van der Waals surface area contributed by atoms with Crippen LogP contribution in [0.15, 0.2) is 36.5 Å². The first-order valence-corrected chi connectivity index (χ1v) is 10.7. The zero-order valence-electron chi connectivity index (χ0n) is 17.9. The lowest BCUT2D eigenvalue weighted by Crippen LogP contribution is -2.45. The summed E-state index contributed by atoms with van der Waals surface area (Å²) in [5.41, 5.74) is 5.20. The van der Waals surface area contributed by atoms with Crippen molar-refractivity contribution in [1.82, 2.24) is 24.8 Å². The van der Waals surface area contributed by atoms with E-state index < -0.39 is 0 Å². The first-order chi connectivity index (χ1) is 15.2. The number of ether oxygens (including phenoxy) is 2. The van der Waals surface area contributed by atoms with Crippen LogP contribution >= 0.6 is 0 Å². The van der Waals surface area contributed by atoms with Crippen molar-refractivity contribution >= 4 is 11.6 Å². The van der Waals surface area contributed by atoms with Crippen LogP contribution in [0.25, 0.3) is 16.9 Å². The lowest BCUT2D eigenvalue weighted by Gasteiger charge is -2.35. The van der Waals surface area contributed by atoms with Gasteiger partial charge in [-0.25, -0.2) is 9.50 Å². The van der Waals surface area contributed by atoms with Gasteiger partial charge < -0.3 is 14.8 Å². The summed E-state index contributed by atoms with van der Waals surface area (Å²) in [7, 11) is 3.30. The van der Waals surface area contributed by atoms with Gasteiger partial charge in [0.1, 0.15) is 5.75 Å². The molecule has 2 atom stereocenters. The fourth-order valence-electron chi connectivity index (χ4n) is 4.85. The van der Waals surface area contributed by atoms with Gasteiger partial charge >= 0.3 is 0 Å². The molecule has 0 aliphatic carbocycles. The molecule has 0 spiro atoms. The third kappa shape index (κ3) is 3.66. The molecule has 0 saturated carbocycles. The predicted octanol–water partition coefficient (Wildman–Crippen LogP) is 2.23.